The van der Waals surface area contributed by atoms with Crippen molar-refractivity contribution in [2.75, 3.05) is 113 Å². The summed E-state index contributed by atoms with van der Waals surface area (Å²) in [5, 5.41) is 69.3. The van der Waals surface area contributed by atoms with Gasteiger partial charge in [0.25, 0.3) is 5.91 Å². The van der Waals surface area contributed by atoms with Gasteiger partial charge in [-0.05, 0) is 39.0 Å². The van der Waals surface area contributed by atoms with Crippen molar-refractivity contribution in [2.24, 2.45) is 0 Å². The predicted molar refractivity (Wildman–Crippen MR) is 290 cm³/mol. The van der Waals surface area contributed by atoms with Gasteiger partial charge in [0.15, 0.2) is 12.1 Å². The molecule has 1 aromatic carbocycles. The summed E-state index contributed by atoms with van der Waals surface area (Å²) >= 11 is 0. The van der Waals surface area contributed by atoms with Gasteiger partial charge in [-0.2, -0.15) is 0 Å². The van der Waals surface area contributed by atoms with Crippen LogP contribution in [0.25, 0.3) is 5.32 Å². The molecule has 0 radical (unpaired) electrons. The van der Waals surface area contributed by atoms with Gasteiger partial charge in [-0.25, -0.2) is 0 Å². The van der Waals surface area contributed by atoms with Gasteiger partial charge in [0.2, 0.25) is 41.2 Å². The van der Waals surface area contributed by atoms with Crippen molar-refractivity contribution in [1.29, 1.82) is 0 Å². The molecule has 1 saturated carbocycles. The van der Waals surface area contributed by atoms with E-state index >= 15 is 0 Å². The van der Waals surface area contributed by atoms with Crippen molar-refractivity contribution in [2.45, 2.75) is 113 Å². The van der Waals surface area contributed by atoms with E-state index in [0.29, 0.717) is 32.3 Å². The number of piperazine rings is 1. The minimum absolute atomic E-state index is 0. The number of methoxy groups -OCH3 is 3. The normalized spacial score (nSPS) is 24.0. The van der Waals surface area contributed by atoms with Crippen LogP contribution in [0.15, 0.2) is 23.0 Å². The molecule has 7 aliphatic rings. The summed E-state index contributed by atoms with van der Waals surface area (Å²) < 4.78 is 27.1. The van der Waals surface area contributed by atoms with Gasteiger partial charge in [0.05, 0.1) is 92.9 Å². The maximum Gasteiger partial charge on any atom is 0.255 e. The van der Waals surface area contributed by atoms with Gasteiger partial charge in [-0.3, -0.25) is 48.1 Å². The monoisotopic (exact) mass is 1370 g/mol. The van der Waals surface area contributed by atoms with Gasteiger partial charge in [-0.15, -0.1) is 6.54 Å². The van der Waals surface area contributed by atoms with Crippen molar-refractivity contribution < 1.29 is 118 Å². The quantitative estimate of drug-likeness (QED) is 0.0587. The van der Waals surface area contributed by atoms with Crippen molar-refractivity contribution in [3.8, 4) is 11.5 Å². The maximum absolute atomic E-state index is 14.4. The number of aromatic hydroxyl groups is 2. The first-order valence-corrected chi connectivity index (χ1v) is 28.0. The summed E-state index contributed by atoms with van der Waals surface area (Å²) in [7, 11) is 4.30. The van der Waals surface area contributed by atoms with E-state index < -0.39 is 144 Å². The van der Waals surface area contributed by atoms with Crippen LogP contribution in [0.1, 0.15) is 103 Å². The topological polar surface area (TPSA) is 402 Å². The van der Waals surface area contributed by atoms with Crippen LogP contribution in [0.3, 0.4) is 0 Å². The molecule has 1 spiro atoms. The average molecular weight is 1370 g/mol. The molecule has 6 atom stereocenters. The van der Waals surface area contributed by atoms with Gasteiger partial charge in [0, 0.05) is 136 Å². The third-order valence-corrected chi connectivity index (χ3v) is 16.2. The van der Waals surface area contributed by atoms with Gasteiger partial charge in [0.1, 0.15) is 22.9 Å². The Bertz CT molecular complexity index is 2790. The number of fused-ring (bicyclic) bond motifs is 3. The summed E-state index contributed by atoms with van der Waals surface area (Å²) in [5.41, 5.74) is -3.98. The Morgan fingerprint density at radius 2 is 1.41 bits per heavy atom. The molecule has 8 amide bonds. The molecule has 3 aliphatic heterocycles. The zero-order valence-corrected chi connectivity index (χ0v) is 50.9. The van der Waals surface area contributed by atoms with Gasteiger partial charge < -0.3 is 95.7 Å². The van der Waals surface area contributed by atoms with Crippen LogP contribution in [-0.2, 0) is 89.5 Å². The van der Waals surface area contributed by atoms with Crippen molar-refractivity contribution in [3.05, 3.63) is 50.6 Å². The van der Waals surface area contributed by atoms with Crippen LogP contribution in [0, 0.1) is 0 Å². The number of ketones is 2. The SMILES string of the molecule is COC1=C2C(=O)c3c(O)c4c(c(O)c3C(=O)C2=CCC1)CC(O)(C(=O)N1CCN(C(=O)CNC(=O)CNC(=O)CNC(=O)CNC(=O)CNC(=O)CC[N-]C(=O)CCO)C2(CCC2)C1)CC4OC.COC1CN(C2CCOC(C)C2O)CCO1.[W]. The van der Waals surface area contributed by atoms with Crippen LogP contribution in [0.4, 0.5) is 0 Å². The van der Waals surface area contributed by atoms with Crippen molar-refractivity contribution in [1.82, 2.24) is 41.3 Å². The second-order valence-electron chi connectivity index (χ2n) is 21.5. The first-order valence-electron chi connectivity index (χ1n) is 28.0. The molecular formula is C55H76N9O20W-. The Morgan fingerprint density at radius 3 is 2.00 bits per heavy atom. The molecular weight excluding hydrogens is 1290 g/mol. The number of nitrogens with zero attached hydrogens (tertiary/aromatic N) is 4. The van der Waals surface area contributed by atoms with E-state index in [0.717, 1.165) is 32.5 Å². The minimum Gasteiger partial charge on any atom is -0.653 e. The van der Waals surface area contributed by atoms with Crippen LogP contribution in [0.5, 0.6) is 11.5 Å². The number of aliphatic hydroxyl groups excluding tert-OH is 2. The van der Waals surface area contributed by atoms with E-state index in [1.165, 1.54) is 19.1 Å². The van der Waals surface area contributed by atoms with Crippen LogP contribution in [-0.4, -0.2) is 248 Å². The zero-order chi connectivity index (χ0) is 61.0. The fourth-order valence-corrected chi connectivity index (χ4v) is 11.6. The number of benzene rings is 1. The fourth-order valence-electron chi connectivity index (χ4n) is 11.6. The molecule has 29 nitrogen and oxygen atoms in total. The largest absolute Gasteiger partial charge is 0.653 e. The molecule has 0 aromatic heterocycles. The number of nitrogens with one attached hydrogen (secondary N) is 5. The number of aliphatic hydroxyl groups is 3. The number of hydrogen-bond donors (Lipinski definition) is 10. The third kappa shape index (κ3) is 15.8. The number of rotatable bonds is 20. The summed E-state index contributed by atoms with van der Waals surface area (Å²) in [6.07, 6.45) is 1.88. The number of ether oxygens (including phenoxy) is 5. The first kappa shape index (κ1) is 67.7. The van der Waals surface area contributed by atoms with E-state index in [9.17, 15) is 68.4 Å². The molecule has 1 aromatic rings. The number of morpholine rings is 1. The predicted octanol–water partition coefficient (Wildman–Crippen LogP) is -2.86. The molecule has 4 fully saturated rings. The second-order valence-corrected chi connectivity index (χ2v) is 21.5. The number of carbonyl (C=O) groups excluding carboxylic acids is 10. The number of phenols is 2. The zero-order valence-electron chi connectivity index (χ0n) is 48.0. The number of amides is 8. The van der Waals surface area contributed by atoms with E-state index in [-0.39, 0.29) is 120 Å². The van der Waals surface area contributed by atoms with Gasteiger partial charge >= 0.3 is 0 Å². The Balaban J connectivity index is 0.000000584. The molecule has 4 aliphatic carbocycles. The Morgan fingerprint density at radius 1 is 0.788 bits per heavy atom. The maximum atomic E-state index is 14.4. The van der Waals surface area contributed by atoms with Crippen molar-refractivity contribution in [3.63, 3.8) is 0 Å². The summed E-state index contributed by atoms with van der Waals surface area (Å²) in [4.78, 5) is 133. The molecule has 85 heavy (non-hydrogen) atoms. The number of hydrogen-bond acceptors (Lipinski definition) is 21. The van der Waals surface area contributed by atoms with Crippen LogP contribution in [0.2, 0.25) is 0 Å². The number of carbonyl (C=O) groups is 10. The molecule has 8 rings (SSSR count). The summed E-state index contributed by atoms with van der Waals surface area (Å²) in [6, 6.07) is 0.172. The second kappa shape index (κ2) is 30.3. The van der Waals surface area contributed by atoms with Crippen LogP contribution >= 0.6 is 0 Å². The van der Waals surface area contributed by atoms with Crippen LogP contribution < -0.4 is 26.6 Å². The molecule has 6 unspecified atom stereocenters. The number of phenolic OH excluding ortho intramolecular Hbond substituents is 2. The van der Waals surface area contributed by atoms with E-state index in [1.54, 1.807) is 18.1 Å². The summed E-state index contributed by atoms with van der Waals surface area (Å²) in [6.45, 7) is 1.96. The number of Topliss-reactive ketones (excluding diaryl/α,β-unsaturated/α-hetero) is 2. The van der Waals surface area contributed by atoms with Crippen molar-refractivity contribution >= 4 is 58.8 Å². The molecule has 30 heteroatoms. The van der Waals surface area contributed by atoms with E-state index in [1.807, 2.05) is 6.92 Å². The average Bonchev–Trinajstić information content (AvgIpc) is 1.52. The smallest absolute Gasteiger partial charge is 0.255 e. The molecule has 10 N–H and O–H groups in total. The Kier molecular flexibility index (Phi) is 24.1. The Labute approximate surface area is 504 Å². The summed E-state index contributed by atoms with van der Waals surface area (Å²) in [5.74, 6) is -7.63. The molecule has 3 heterocycles. The molecule has 468 valence electrons. The molecule has 3 saturated heterocycles. The van der Waals surface area contributed by atoms with E-state index in [4.69, 9.17) is 28.8 Å². The Hall–Kier alpha value is -6.43. The molecule has 0 bridgehead atoms. The first-order chi connectivity index (χ1) is 40.1. The minimum atomic E-state index is -2.20. The van der Waals surface area contributed by atoms with E-state index in [2.05, 4.69) is 36.8 Å². The standard InChI is InChI=1S/C44H56N8O16.C11H21NO4.W/c1-67-25-6-3-5-23-34(25)40(63)37-36(38(23)61)39(62)24-15-44(66,16-26(68-2)35(24)41(37)64)42(65)51-12-13-52(43(22-51)9-4-10-43)33(60)21-50-32(59)20-49-31(58)19-48-30(57)18-47-29(56)17-46-27(54)7-11-45-28(55)8-14-53;1-8-11(13)9(3-5-15-8)12-4-6-16-10(7-12)14-2;/h5,26,53,66H,3-4,6-22H2,1-2H3,(H8,45,46,47,48,49,50,54,55,56,57,58,59,61,62,63,64);8-11,13H,3-7H2,1-2H3;/p-1. The fraction of sp³-hybridized carbons (Fsp3) is 0.636. The number of allylic oxidation sites excluding steroid dienone is 4. The third-order valence-electron chi connectivity index (χ3n) is 16.2. The van der Waals surface area contributed by atoms with Gasteiger partial charge in [-0.1, -0.05) is 6.08 Å².